The predicted molar refractivity (Wildman–Crippen MR) is 92.4 cm³/mol. The molecule has 5 heteroatoms. The fraction of sp³-hybridized carbons (Fsp3) is 0.579. The molecule has 3 atom stereocenters. The molecule has 0 spiro atoms. The Labute approximate surface area is 143 Å². The Hall–Kier alpha value is -1.72. The van der Waals surface area contributed by atoms with Crippen LogP contribution in [0.4, 0.5) is 0 Å². The number of furan rings is 1. The van der Waals surface area contributed by atoms with Gasteiger partial charge in [-0.1, -0.05) is 6.92 Å². The lowest BCUT2D eigenvalue weighted by molar-refractivity contribution is 0.213. The largest absolute Gasteiger partial charge is 0.464 e. The van der Waals surface area contributed by atoms with Gasteiger partial charge >= 0.3 is 0 Å². The molecule has 0 N–H and O–H groups in total. The summed E-state index contributed by atoms with van der Waals surface area (Å²) in [6.45, 7) is 6.24. The summed E-state index contributed by atoms with van der Waals surface area (Å²) in [5, 5.41) is 0. The zero-order valence-electron chi connectivity index (χ0n) is 14.6. The first-order chi connectivity index (χ1) is 11.7. The SMILES string of the molecule is C[C@@H]1C[C@@H]1c1ccc(CN2CC[C@H](N(C)Cc3ncccn3)C2)o1. The molecule has 0 amide bonds. The van der Waals surface area contributed by atoms with Gasteiger partial charge in [0.25, 0.3) is 0 Å². The van der Waals surface area contributed by atoms with Crippen molar-refractivity contribution >= 4 is 0 Å². The third-order valence-corrected chi connectivity index (χ3v) is 5.42. The maximum absolute atomic E-state index is 6.06. The van der Waals surface area contributed by atoms with Gasteiger partial charge in [-0.05, 0) is 44.0 Å². The van der Waals surface area contributed by atoms with Gasteiger partial charge < -0.3 is 4.42 Å². The van der Waals surface area contributed by atoms with Crippen LogP contribution in [0.15, 0.2) is 35.0 Å². The van der Waals surface area contributed by atoms with E-state index in [0.717, 1.165) is 43.7 Å². The minimum absolute atomic E-state index is 0.562. The van der Waals surface area contributed by atoms with E-state index in [-0.39, 0.29) is 0 Å². The van der Waals surface area contributed by atoms with Crippen molar-refractivity contribution < 1.29 is 4.42 Å². The molecular weight excluding hydrogens is 300 g/mol. The molecule has 3 heterocycles. The monoisotopic (exact) mass is 326 g/mol. The molecule has 5 nitrogen and oxygen atoms in total. The molecule has 2 fully saturated rings. The average Bonchev–Trinajstić information content (AvgIpc) is 3.00. The second-order valence-corrected chi connectivity index (χ2v) is 7.38. The van der Waals surface area contributed by atoms with Gasteiger partial charge in [-0.3, -0.25) is 9.80 Å². The Morgan fingerprint density at radius 2 is 2.08 bits per heavy atom. The summed E-state index contributed by atoms with van der Waals surface area (Å²) in [7, 11) is 2.17. The standard InChI is InChI=1S/C19H26N4O/c1-14-10-17(14)18-5-4-16(24-18)12-23-9-6-15(11-23)22(2)13-19-20-7-3-8-21-19/h3-5,7-8,14-15,17H,6,9-13H2,1-2H3/t14-,15+,17+/m1/s1. The second kappa shape index (κ2) is 6.65. The molecule has 2 aromatic heterocycles. The fourth-order valence-corrected chi connectivity index (χ4v) is 3.70. The first-order valence-corrected chi connectivity index (χ1v) is 8.96. The van der Waals surface area contributed by atoms with Crippen molar-refractivity contribution in [2.24, 2.45) is 5.92 Å². The molecule has 24 heavy (non-hydrogen) atoms. The highest BCUT2D eigenvalue weighted by atomic mass is 16.3. The Morgan fingerprint density at radius 3 is 2.83 bits per heavy atom. The van der Waals surface area contributed by atoms with E-state index in [0.29, 0.717) is 12.0 Å². The van der Waals surface area contributed by atoms with Crippen LogP contribution >= 0.6 is 0 Å². The molecule has 1 saturated carbocycles. The molecular formula is C19H26N4O. The van der Waals surface area contributed by atoms with Crippen LogP contribution in [-0.4, -0.2) is 45.9 Å². The number of aromatic nitrogens is 2. The molecule has 4 rings (SSSR count). The number of rotatable bonds is 6. The topological polar surface area (TPSA) is 45.4 Å². The van der Waals surface area contributed by atoms with Crippen molar-refractivity contribution in [2.45, 2.75) is 44.8 Å². The highest BCUT2D eigenvalue weighted by molar-refractivity contribution is 5.17. The highest BCUT2D eigenvalue weighted by Crippen LogP contribution is 2.47. The Balaban J connectivity index is 1.29. The summed E-state index contributed by atoms with van der Waals surface area (Å²) in [5.41, 5.74) is 0. The van der Waals surface area contributed by atoms with E-state index < -0.39 is 0 Å². The summed E-state index contributed by atoms with van der Waals surface area (Å²) in [6.07, 6.45) is 6.10. The maximum Gasteiger partial charge on any atom is 0.142 e. The molecule has 2 aromatic rings. The van der Waals surface area contributed by atoms with Crippen LogP contribution < -0.4 is 0 Å². The Kier molecular flexibility index (Phi) is 4.37. The van der Waals surface area contributed by atoms with E-state index >= 15 is 0 Å². The van der Waals surface area contributed by atoms with E-state index in [4.69, 9.17) is 4.42 Å². The third kappa shape index (κ3) is 3.52. The minimum atomic E-state index is 0.562. The van der Waals surface area contributed by atoms with Gasteiger partial charge in [0.1, 0.15) is 17.3 Å². The molecule has 1 aliphatic heterocycles. The third-order valence-electron chi connectivity index (χ3n) is 5.42. The van der Waals surface area contributed by atoms with Crippen LogP contribution in [0.3, 0.4) is 0 Å². The van der Waals surface area contributed by atoms with Gasteiger partial charge in [0.15, 0.2) is 0 Å². The quantitative estimate of drug-likeness (QED) is 0.817. The second-order valence-electron chi connectivity index (χ2n) is 7.38. The van der Waals surface area contributed by atoms with Crippen molar-refractivity contribution in [1.82, 2.24) is 19.8 Å². The minimum Gasteiger partial charge on any atom is -0.464 e. The van der Waals surface area contributed by atoms with Gasteiger partial charge in [0, 0.05) is 37.4 Å². The highest BCUT2D eigenvalue weighted by Gasteiger charge is 2.36. The molecule has 0 unspecified atom stereocenters. The van der Waals surface area contributed by atoms with Crippen molar-refractivity contribution in [3.63, 3.8) is 0 Å². The van der Waals surface area contributed by atoms with E-state index in [9.17, 15) is 0 Å². The fourth-order valence-electron chi connectivity index (χ4n) is 3.70. The number of nitrogens with zero attached hydrogens (tertiary/aromatic N) is 4. The summed E-state index contributed by atoms with van der Waals surface area (Å²) in [4.78, 5) is 13.5. The van der Waals surface area contributed by atoms with E-state index in [1.807, 2.05) is 18.5 Å². The molecule has 1 saturated heterocycles. The number of likely N-dealkylation sites (N-methyl/N-ethyl adjacent to an activating group) is 1. The van der Waals surface area contributed by atoms with Crippen molar-refractivity contribution in [3.05, 3.63) is 47.9 Å². The summed E-state index contributed by atoms with van der Waals surface area (Å²) in [6, 6.07) is 6.76. The van der Waals surface area contributed by atoms with Gasteiger partial charge in [-0.25, -0.2) is 9.97 Å². The van der Waals surface area contributed by atoms with Gasteiger partial charge in [0.2, 0.25) is 0 Å². The number of likely N-dealkylation sites (tertiary alicyclic amines) is 1. The molecule has 1 aliphatic carbocycles. The van der Waals surface area contributed by atoms with Crippen LogP contribution in [0.2, 0.25) is 0 Å². The van der Waals surface area contributed by atoms with Gasteiger partial charge in [0.05, 0.1) is 13.1 Å². The van der Waals surface area contributed by atoms with Crippen LogP contribution in [0.25, 0.3) is 0 Å². The lowest BCUT2D eigenvalue weighted by Crippen LogP contribution is -2.34. The van der Waals surface area contributed by atoms with Crippen molar-refractivity contribution in [3.8, 4) is 0 Å². The lowest BCUT2D eigenvalue weighted by Gasteiger charge is -2.23. The maximum atomic E-state index is 6.06. The molecule has 0 aromatic carbocycles. The lowest BCUT2D eigenvalue weighted by atomic mass is 10.2. The van der Waals surface area contributed by atoms with Crippen LogP contribution in [0.1, 0.15) is 43.0 Å². The van der Waals surface area contributed by atoms with Crippen LogP contribution in [0, 0.1) is 5.92 Å². The zero-order valence-corrected chi connectivity index (χ0v) is 14.6. The summed E-state index contributed by atoms with van der Waals surface area (Å²) < 4.78 is 6.06. The van der Waals surface area contributed by atoms with Gasteiger partial charge in [-0.2, -0.15) is 0 Å². The molecule has 128 valence electrons. The molecule has 0 radical (unpaired) electrons. The zero-order chi connectivity index (χ0) is 16.5. The van der Waals surface area contributed by atoms with Crippen molar-refractivity contribution in [1.29, 1.82) is 0 Å². The van der Waals surface area contributed by atoms with Gasteiger partial charge in [-0.15, -0.1) is 0 Å². The van der Waals surface area contributed by atoms with E-state index in [1.54, 1.807) is 0 Å². The smallest absolute Gasteiger partial charge is 0.142 e. The Morgan fingerprint density at radius 1 is 1.29 bits per heavy atom. The van der Waals surface area contributed by atoms with Crippen LogP contribution in [0.5, 0.6) is 0 Å². The number of hydrogen-bond donors (Lipinski definition) is 0. The van der Waals surface area contributed by atoms with Crippen LogP contribution in [-0.2, 0) is 13.1 Å². The van der Waals surface area contributed by atoms with E-state index in [2.05, 4.69) is 45.9 Å². The molecule has 0 bridgehead atoms. The van der Waals surface area contributed by atoms with E-state index in [1.165, 1.54) is 18.6 Å². The first-order valence-electron chi connectivity index (χ1n) is 8.96. The summed E-state index contributed by atoms with van der Waals surface area (Å²) >= 11 is 0. The predicted octanol–water partition coefficient (Wildman–Crippen LogP) is 2.90. The number of hydrogen-bond acceptors (Lipinski definition) is 5. The molecule has 2 aliphatic rings. The normalized spacial score (nSPS) is 27.0. The Bertz CT molecular complexity index is 671. The van der Waals surface area contributed by atoms with Crippen molar-refractivity contribution in [2.75, 3.05) is 20.1 Å². The first kappa shape index (κ1) is 15.8. The average molecular weight is 326 g/mol. The summed E-state index contributed by atoms with van der Waals surface area (Å²) in [5.74, 6) is 4.66.